The summed E-state index contributed by atoms with van der Waals surface area (Å²) in [6, 6.07) is 30.6. The van der Waals surface area contributed by atoms with Crippen molar-refractivity contribution in [3.05, 3.63) is 97.1 Å². The molecular weight excluding hydrogens is 576 g/mol. The van der Waals surface area contributed by atoms with Crippen molar-refractivity contribution in [3.63, 3.8) is 0 Å². The van der Waals surface area contributed by atoms with Crippen LogP contribution in [0.3, 0.4) is 0 Å². The van der Waals surface area contributed by atoms with E-state index in [1.807, 2.05) is 97.1 Å². The number of fused-ring (bicyclic) bond motifs is 20. The van der Waals surface area contributed by atoms with Crippen molar-refractivity contribution in [1.29, 1.82) is 0 Å². The lowest BCUT2D eigenvalue weighted by molar-refractivity contribution is 0.291. The number of aromatic amines is 1. The molecule has 8 bridgehead atoms. The summed E-state index contributed by atoms with van der Waals surface area (Å²) in [6.07, 6.45) is 0. The van der Waals surface area contributed by atoms with Gasteiger partial charge in [-0.1, -0.05) is 97.1 Å². The lowest BCUT2D eigenvalue weighted by Gasteiger charge is -2.02. The fourth-order valence-corrected chi connectivity index (χ4v) is 6.07. The zero-order chi connectivity index (χ0) is 29.4. The molecule has 0 saturated carbocycles. The molecule has 0 radical (unpaired) electrons. The Morgan fingerprint density at radius 1 is 0.523 bits per heavy atom. The van der Waals surface area contributed by atoms with Crippen LogP contribution >= 0.6 is 0 Å². The van der Waals surface area contributed by atoms with Crippen molar-refractivity contribution in [2.45, 2.75) is 0 Å². The fraction of sp³-hybridized carbons (Fsp3) is 0. The van der Waals surface area contributed by atoms with Gasteiger partial charge < -0.3 is 4.98 Å². The molecule has 2 aliphatic heterocycles. The third-order valence-electron chi connectivity index (χ3n) is 7.71. The monoisotopic (exact) mass is 594 g/mol. The van der Waals surface area contributed by atoms with Crippen LogP contribution in [-0.2, 0) is 11.4 Å². The van der Waals surface area contributed by atoms with E-state index in [1.54, 1.807) is 0 Å². The van der Waals surface area contributed by atoms with E-state index in [4.69, 9.17) is 34.2 Å². The number of nitrogens with zero attached hydrogens (tertiary/aromatic N) is 7. The Morgan fingerprint density at radius 3 is 1.30 bits per heavy atom. The average molecular weight is 595 g/mol. The van der Waals surface area contributed by atoms with Crippen LogP contribution in [0.5, 0.6) is 0 Å². The van der Waals surface area contributed by atoms with Gasteiger partial charge in [-0.05, 0) is 0 Å². The second-order valence-corrected chi connectivity index (χ2v) is 10.8. The maximum absolute atomic E-state index is 12.1. The highest BCUT2D eigenvalue weighted by atomic mass is 32.2. The first-order valence-electron chi connectivity index (χ1n) is 13.6. The van der Waals surface area contributed by atoms with Gasteiger partial charge in [0.05, 0.1) is 0 Å². The summed E-state index contributed by atoms with van der Waals surface area (Å²) >= 11 is -2.69. The van der Waals surface area contributed by atoms with E-state index in [1.165, 1.54) is 0 Å². The summed E-state index contributed by atoms with van der Waals surface area (Å²) in [5.41, 5.74) is 4.77. The molecule has 5 heterocycles. The lowest BCUT2D eigenvalue weighted by Crippen LogP contribution is -2.14. The van der Waals surface area contributed by atoms with Gasteiger partial charge in [-0.25, -0.2) is 29.9 Å². The minimum Gasteiger partial charge on any atom is -0.324 e. The van der Waals surface area contributed by atoms with E-state index in [9.17, 15) is 8.76 Å². The van der Waals surface area contributed by atoms with E-state index in [0.29, 0.717) is 45.4 Å². The number of hydrogen-bond donors (Lipinski definition) is 2. The van der Waals surface area contributed by atoms with Gasteiger partial charge in [-0.3, -0.25) is 8.84 Å². The maximum atomic E-state index is 12.1. The summed E-state index contributed by atoms with van der Waals surface area (Å²) < 4.78 is 28.6. The molecule has 0 amide bonds. The van der Waals surface area contributed by atoms with Crippen molar-refractivity contribution in [2.75, 3.05) is 0 Å². The summed E-state index contributed by atoms with van der Waals surface area (Å²) in [4.78, 5) is 32.9. The van der Waals surface area contributed by atoms with Gasteiger partial charge in [-0.2, -0.15) is 4.21 Å². The summed E-state index contributed by atoms with van der Waals surface area (Å²) in [7, 11) is 0. The molecule has 0 saturated heterocycles. The molecule has 12 heteroatoms. The van der Waals surface area contributed by atoms with Crippen molar-refractivity contribution in [2.24, 2.45) is 0 Å². The molecule has 44 heavy (non-hydrogen) atoms. The molecule has 3 aromatic heterocycles. The van der Waals surface area contributed by atoms with Crippen LogP contribution in [0.2, 0.25) is 0 Å². The normalized spacial score (nSPS) is 12.7. The number of nitrogens with one attached hydrogen (secondary N) is 1. The fourth-order valence-electron chi connectivity index (χ4n) is 5.80. The zero-order valence-corrected chi connectivity index (χ0v) is 23.4. The molecule has 210 valence electrons. The van der Waals surface area contributed by atoms with E-state index >= 15 is 0 Å². The minimum absolute atomic E-state index is 0.247. The maximum Gasteiger partial charge on any atom is 0.377 e. The number of rotatable bonds is 2. The van der Waals surface area contributed by atoms with Gasteiger partial charge in [0, 0.05) is 43.8 Å². The second kappa shape index (κ2) is 9.33. The Bertz CT molecular complexity index is 2380. The van der Waals surface area contributed by atoms with Crippen molar-refractivity contribution in [1.82, 2.24) is 39.6 Å². The highest BCUT2D eigenvalue weighted by molar-refractivity contribution is 7.74. The number of aromatic nitrogens is 8. The largest absolute Gasteiger partial charge is 0.377 e. The lowest BCUT2D eigenvalue weighted by atomic mass is 10.1. The van der Waals surface area contributed by atoms with Gasteiger partial charge in [-0.15, -0.1) is 4.73 Å². The first-order chi connectivity index (χ1) is 21.6. The van der Waals surface area contributed by atoms with Crippen LogP contribution in [0, 0.1) is 0 Å². The first kappa shape index (κ1) is 24.7. The van der Waals surface area contributed by atoms with E-state index in [0.717, 1.165) is 37.8 Å². The van der Waals surface area contributed by atoms with E-state index in [2.05, 4.69) is 4.98 Å². The molecular formula is C32H18N8O3S. The van der Waals surface area contributed by atoms with Crippen LogP contribution in [0.4, 0.5) is 0 Å². The van der Waals surface area contributed by atoms with Gasteiger partial charge >= 0.3 is 11.4 Å². The standard InChI is InChI=1S/C32H18N8O3S/c41-44(42)43-40-31-23-15-7-8-16-24(23)32(40)39-30-22-14-6-4-12-20(22)28(37-30)35-26-18-10-2-1-9-17(18)25(33-26)34-27-19-11-3-5-13-21(19)29(36-27)38-31/h1-16H,(H,41,42)(H,33,34,35,36,37,38,39). The molecule has 1 atom stereocenters. The molecule has 0 aliphatic carbocycles. The molecule has 0 fully saturated rings. The molecule has 9 rings (SSSR count). The quantitative estimate of drug-likeness (QED) is 0.233. The Balaban J connectivity index is 1.54. The van der Waals surface area contributed by atoms with Crippen LogP contribution in [0.25, 0.3) is 89.7 Å². The van der Waals surface area contributed by atoms with Crippen LogP contribution in [0.1, 0.15) is 0 Å². The smallest absolute Gasteiger partial charge is 0.324 e. The van der Waals surface area contributed by atoms with E-state index < -0.39 is 11.4 Å². The second-order valence-electron chi connectivity index (χ2n) is 10.2. The van der Waals surface area contributed by atoms with Crippen molar-refractivity contribution < 1.29 is 13.0 Å². The van der Waals surface area contributed by atoms with Gasteiger partial charge in [0.15, 0.2) is 34.6 Å². The van der Waals surface area contributed by atoms with Crippen LogP contribution < -0.4 is 4.28 Å². The molecule has 2 N–H and O–H groups in total. The zero-order valence-electron chi connectivity index (χ0n) is 22.5. The predicted octanol–water partition coefficient (Wildman–Crippen LogP) is 5.91. The Hall–Kier alpha value is -5.85. The Kier molecular flexibility index (Phi) is 5.24. The van der Waals surface area contributed by atoms with E-state index in [-0.39, 0.29) is 11.3 Å². The summed E-state index contributed by atoms with van der Waals surface area (Å²) in [5, 5.41) is 3.05. The van der Waals surface area contributed by atoms with Crippen LogP contribution in [-0.4, -0.2) is 48.4 Å². The SMILES string of the molecule is O=S(O)On1c2nc3nc(nc4[nH]c(nc5nc(nc1c1ccccc12)-c1ccccc1-5)c1ccccc41)-c1ccccc1-3. The highest BCUT2D eigenvalue weighted by Gasteiger charge is 2.23. The van der Waals surface area contributed by atoms with Gasteiger partial charge in [0.25, 0.3) is 0 Å². The average Bonchev–Trinajstić information content (AvgIpc) is 3.76. The number of H-pyrrole nitrogens is 1. The predicted molar refractivity (Wildman–Crippen MR) is 167 cm³/mol. The number of benzene rings is 4. The molecule has 11 nitrogen and oxygen atoms in total. The van der Waals surface area contributed by atoms with Crippen molar-refractivity contribution >= 4 is 55.5 Å². The number of hydrogen-bond acceptors (Lipinski definition) is 8. The van der Waals surface area contributed by atoms with Gasteiger partial charge in [0.1, 0.15) is 11.3 Å². The molecule has 0 spiro atoms. The topological polar surface area (TPSA) is 145 Å². The molecule has 2 aliphatic rings. The van der Waals surface area contributed by atoms with Gasteiger partial charge in [0.2, 0.25) is 0 Å². The van der Waals surface area contributed by atoms with Crippen molar-refractivity contribution in [3.8, 4) is 45.6 Å². The first-order valence-corrected chi connectivity index (χ1v) is 14.7. The molecule has 1 unspecified atom stereocenters. The summed E-state index contributed by atoms with van der Waals surface area (Å²) in [6.45, 7) is 0. The van der Waals surface area contributed by atoms with Crippen LogP contribution in [0.15, 0.2) is 97.1 Å². The highest BCUT2D eigenvalue weighted by Crippen LogP contribution is 2.37. The minimum atomic E-state index is -2.69. The Morgan fingerprint density at radius 2 is 0.886 bits per heavy atom. The summed E-state index contributed by atoms with van der Waals surface area (Å²) in [5.74, 6) is 1.66. The Labute approximate surface area is 250 Å². The molecule has 7 aromatic rings. The third kappa shape index (κ3) is 3.68. The molecule has 4 aromatic carbocycles. The third-order valence-corrected chi connectivity index (χ3v) is 7.98.